The molecule has 0 fully saturated rings. The molecule has 3 rings (SSSR count). The monoisotopic (exact) mass is 410 g/mol. The van der Waals surface area contributed by atoms with Crippen LogP contribution in [0.3, 0.4) is 0 Å². The van der Waals surface area contributed by atoms with Crippen molar-refractivity contribution in [3.05, 3.63) is 48.2 Å². The van der Waals surface area contributed by atoms with E-state index in [0.29, 0.717) is 40.3 Å². The first kappa shape index (κ1) is 21.2. The lowest BCUT2D eigenvalue weighted by Gasteiger charge is -2.17. The van der Waals surface area contributed by atoms with E-state index in [1.807, 2.05) is 32.9 Å². The van der Waals surface area contributed by atoms with Gasteiger partial charge in [0, 0.05) is 23.6 Å². The van der Waals surface area contributed by atoms with Crippen molar-refractivity contribution >= 4 is 34.2 Å². The van der Waals surface area contributed by atoms with E-state index in [1.54, 1.807) is 30.3 Å². The summed E-state index contributed by atoms with van der Waals surface area (Å²) in [5.41, 5.74) is 1.19. The highest BCUT2D eigenvalue weighted by atomic mass is 16.5. The third-order valence-electron chi connectivity index (χ3n) is 4.40. The number of furan rings is 1. The molecule has 7 heteroatoms. The van der Waals surface area contributed by atoms with Gasteiger partial charge in [0.2, 0.25) is 11.7 Å². The number of methoxy groups -OCH3 is 2. The highest BCUT2D eigenvalue weighted by Crippen LogP contribution is 2.34. The van der Waals surface area contributed by atoms with Gasteiger partial charge in [0.25, 0.3) is 5.91 Å². The number of benzene rings is 2. The molecule has 3 aromatic rings. The van der Waals surface area contributed by atoms with Crippen LogP contribution in [0.25, 0.3) is 11.0 Å². The number of hydrogen-bond donors (Lipinski definition) is 2. The summed E-state index contributed by atoms with van der Waals surface area (Å²) in [5, 5.41) is 6.31. The van der Waals surface area contributed by atoms with E-state index in [0.717, 1.165) is 0 Å². The smallest absolute Gasteiger partial charge is 0.293 e. The summed E-state index contributed by atoms with van der Waals surface area (Å²) < 4.78 is 16.3. The van der Waals surface area contributed by atoms with E-state index >= 15 is 0 Å². The SMILES string of the molecule is COc1ccc(NC(=O)c2oc3ccccc3c2NC(=O)CC(C)(C)C)cc1OC. The lowest BCUT2D eigenvalue weighted by atomic mass is 9.92. The van der Waals surface area contributed by atoms with E-state index in [9.17, 15) is 9.59 Å². The lowest BCUT2D eigenvalue weighted by molar-refractivity contribution is -0.117. The first-order valence-corrected chi connectivity index (χ1v) is 9.56. The van der Waals surface area contributed by atoms with Crippen LogP contribution in [-0.4, -0.2) is 26.0 Å². The zero-order valence-corrected chi connectivity index (χ0v) is 17.8. The largest absolute Gasteiger partial charge is 0.493 e. The van der Waals surface area contributed by atoms with Gasteiger partial charge in [0.15, 0.2) is 11.5 Å². The van der Waals surface area contributed by atoms with Gasteiger partial charge in [0.1, 0.15) is 11.3 Å². The second kappa shape index (κ2) is 8.49. The predicted octanol–water partition coefficient (Wildman–Crippen LogP) is 5.08. The summed E-state index contributed by atoms with van der Waals surface area (Å²) in [7, 11) is 3.06. The molecule has 0 saturated heterocycles. The average molecular weight is 410 g/mol. The van der Waals surface area contributed by atoms with Crippen LogP contribution in [0.1, 0.15) is 37.7 Å². The van der Waals surface area contributed by atoms with Crippen LogP contribution in [-0.2, 0) is 4.79 Å². The fourth-order valence-electron chi connectivity index (χ4n) is 3.10. The van der Waals surface area contributed by atoms with Gasteiger partial charge in [0.05, 0.1) is 14.2 Å². The zero-order chi connectivity index (χ0) is 21.9. The average Bonchev–Trinajstić information content (AvgIpc) is 3.05. The van der Waals surface area contributed by atoms with Crippen molar-refractivity contribution < 1.29 is 23.5 Å². The number of rotatable bonds is 6. The van der Waals surface area contributed by atoms with Gasteiger partial charge < -0.3 is 24.5 Å². The molecule has 2 N–H and O–H groups in total. The molecule has 30 heavy (non-hydrogen) atoms. The Morgan fingerprint density at radius 1 is 0.967 bits per heavy atom. The van der Waals surface area contributed by atoms with Gasteiger partial charge in [-0.1, -0.05) is 32.9 Å². The molecule has 1 heterocycles. The molecule has 0 aliphatic carbocycles. The summed E-state index contributed by atoms with van der Waals surface area (Å²) >= 11 is 0. The number of carbonyl (C=O) groups is 2. The highest BCUT2D eigenvalue weighted by Gasteiger charge is 2.24. The van der Waals surface area contributed by atoms with E-state index in [2.05, 4.69) is 10.6 Å². The number of carbonyl (C=O) groups excluding carboxylic acids is 2. The maximum atomic E-state index is 13.0. The van der Waals surface area contributed by atoms with Gasteiger partial charge >= 0.3 is 0 Å². The molecular weight excluding hydrogens is 384 g/mol. The molecule has 0 aliphatic heterocycles. The Morgan fingerprint density at radius 3 is 2.33 bits per heavy atom. The number of nitrogens with one attached hydrogen (secondary N) is 2. The second-order valence-electron chi connectivity index (χ2n) is 8.11. The predicted molar refractivity (Wildman–Crippen MR) is 116 cm³/mol. The summed E-state index contributed by atoms with van der Waals surface area (Å²) in [6.45, 7) is 5.93. The normalized spacial score (nSPS) is 11.2. The fraction of sp³-hybridized carbons (Fsp3) is 0.304. The minimum Gasteiger partial charge on any atom is -0.493 e. The van der Waals surface area contributed by atoms with Crippen LogP contribution in [0, 0.1) is 5.41 Å². The molecule has 0 unspecified atom stereocenters. The van der Waals surface area contributed by atoms with Crippen molar-refractivity contribution in [1.29, 1.82) is 0 Å². The van der Waals surface area contributed by atoms with Gasteiger partial charge in [-0.25, -0.2) is 0 Å². The van der Waals surface area contributed by atoms with Crippen molar-refractivity contribution in [3.63, 3.8) is 0 Å². The van der Waals surface area contributed by atoms with Crippen LogP contribution in [0.2, 0.25) is 0 Å². The molecule has 0 spiro atoms. The molecule has 2 aromatic carbocycles. The highest BCUT2D eigenvalue weighted by molar-refractivity contribution is 6.14. The van der Waals surface area contributed by atoms with Crippen molar-refractivity contribution in [1.82, 2.24) is 0 Å². The van der Waals surface area contributed by atoms with Crippen molar-refractivity contribution in [2.24, 2.45) is 5.41 Å². The Morgan fingerprint density at radius 2 is 1.67 bits per heavy atom. The third kappa shape index (κ3) is 4.74. The van der Waals surface area contributed by atoms with E-state index < -0.39 is 5.91 Å². The third-order valence-corrected chi connectivity index (χ3v) is 4.40. The molecule has 158 valence electrons. The Bertz CT molecular complexity index is 1080. The number of hydrogen-bond acceptors (Lipinski definition) is 5. The number of para-hydroxylation sites is 1. The molecular formula is C23H26N2O5. The Hall–Kier alpha value is -3.48. The maximum absolute atomic E-state index is 13.0. The molecule has 2 amide bonds. The zero-order valence-electron chi connectivity index (χ0n) is 17.8. The first-order chi connectivity index (χ1) is 14.2. The minimum atomic E-state index is -0.482. The number of ether oxygens (including phenoxy) is 2. The van der Waals surface area contributed by atoms with Crippen LogP contribution in [0.4, 0.5) is 11.4 Å². The van der Waals surface area contributed by atoms with Crippen LogP contribution < -0.4 is 20.1 Å². The number of amides is 2. The Kier molecular flexibility index (Phi) is 6.01. The molecule has 0 radical (unpaired) electrons. The molecule has 0 saturated carbocycles. The number of fused-ring (bicyclic) bond motifs is 1. The lowest BCUT2D eigenvalue weighted by Crippen LogP contribution is -2.21. The van der Waals surface area contributed by atoms with E-state index in [-0.39, 0.29) is 17.1 Å². The van der Waals surface area contributed by atoms with E-state index in [4.69, 9.17) is 13.9 Å². The molecule has 1 aromatic heterocycles. The van der Waals surface area contributed by atoms with Crippen molar-refractivity contribution in [3.8, 4) is 11.5 Å². The van der Waals surface area contributed by atoms with Crippen LogP contribution in [0.5, 0.6) is 11.5 Å². The second-order valence-corrected chi connectivity index (χ2v) is 8.11. The molecule has 0 bridgehead atoms. The van der Waals surface area contributed by atoms with Gasteiger partial charge in [-0.15, -0.1) is 0 Å². The minimum absolute atomic E-state index is 0.0354. The van der Waals surface area contributed by atoms with Gasteiger partial charge in [-0.2, -0.15) is 0 Å². The summed E-state index contributed by atoms with van der Waals surface area (Å²) in [6.07, 6.45) is 0.309. The quantitative estimate of drug-likeness (QED) is 0.592. The first-order valence-electron chi connectivity index (χ1n) is 9.56. The summed E-state index contributed by atoms with van der Waals surface area (Å²) in [4.78, 5) is 25.5. The molecule has 0 atom stereocenters. The standard InChI is InChI=1S/C23H26N2O5/c1-23(2,3)13-19(26)25-20-15-8-6-7-9-16(15)30-21(20)22(27)24-14-10-11-17(28-4)18(12-14)29-5/h6-12H,13H2,1-5H3,(H,24,27)(H,25,26). The van der Waals surface area contributed by atoms with Gasteiger partial charge in [-0.05, 0) is 29.7 Å². The summed E-state index contributed by atoms with van der Waals surface area (Å²) in [5.74, 6) is 0.403. The van der Waals surface area contributed by atoms with Crippen LogP contribution in [0.15, 0.2) is 46.9 Å². The Balaban J connectivity index is 1.93. The topological polar surface area (TPSA) is 89.8 Å². The molecule has 0 aliphatic rings. The number of anilines is 2. The van der Waals surface area contributed by atoms with Crippen molar-refractivity contribution in [2.75, 3.05) is 24.9 Å². The van der Waals surface area contributed by atoms with E-state index in [1.165, 1.54) is 14.2 Å². The maximum Gasteiger partial charge on any atom is 0.293 e. The van der Waals surface area contributed by atoms with Crippen molar-refractivity contribution in [2.45, 2.75) is 27.2 Å². The van der Waals surface area contributed by atoms with Crippen LogP contribution >= 0.6 is 0 Å². The van der Waals surface area contributed by atoms with Gasteiger partial charge in [-0.3, -0.25) is 9.59 Å². The fourth-order valence-corrected chi connectivity index (χ4v) is 3.10. The Labute approximate surface area is 175 Å². The summed E-state index contributed by atoms with van der Waals surface area (Å²) in [6, 6.07) is 12.2. The molecule has 7 nitrogen and oxygen atoms in total.